The minimum atomic E-state index is 0.582. The topological polar surface area (TPSA) is 30.7 Å². The first-order valence-corrected chi connectivity index (χ1v) is 15.7. The van der Waals surface area contributed by atoms with Crippen molar-refractivity contribution in [1.29, 1.82) is 0 Å². The van der Waals surface area contributed by atoms with Gasteiger partial charge in [-0.15, -0.1) is 0 Å². The standard InChI is InChI=1S/C42H33N3/c1-28(2)24-31-22-23-43-42-35(15-9-16-36(31)42)30-18-20-38-37-14-6-7-17-40(37)45(41(38)26-30)34-13-8-12-32(25-34)39-21-19-33(27-44-39)29-10-4-3-5-11-29/h3-23,25-28H,24H2,1-2H3. The largest absolute Gasteiger partial charge is 0.309 e. The molecule has 0 unspecified atom stereocenters. The van der Waals surface area contributed by atoms with E-state index in [0.717, 1.165) is 40.0 Å². The normalized spacial score (nSPS) is 11.6. The lowest BCUT2D eigenvalue weighted by Crippen LogP contribution is -1.97. The average Bonchev–Trinajstić information content (AvgIpc) is 3.42. The van der Waals surface area contributed by atoms with Crippen LogP contribution < -0.4 is 0 Å². The third kappa shape index (κ3) is 4.87. The van der Waals surface area contributed by atoms with Gasteiger partial charge in [-0.3, -0.25) is 9.97 Å². The van der Waals surface area contributed by atoms with Crippen molar-refractivity contribution in [3.05, 3.63) is 151 Å². The lowest BCUT2D eigenvalue weighted by Gasteiger charge is -2.13. The molecule has 0 aliphatic carbocycles. The van der Waals surface area contributed by atoms with Gasteiger partial charge in [0, 0.05) is 50.9 Å². The summed E-state index contributed by atoms with van der Waals surface area (Å²) in [5.41, 5.74) is 12.5. The maximum absolute atomic E-state index is 4.89. The summed E-state index contributed by atoms with van der Waals surface area (Å²) >= 11 is 0. The zero-order valence-corrected chi connectivity index (χ0v) is 25.5. The molecular formula is C42H33N3. The molecule has 216 valence electrons. The Balaban J connectivity index is 1.27. The fourth-order valence-corrected chi connectivity index (χ4v) is 6.67. The molecule has 8 rings (SSSR count). The molecular weight excluding hydrogens is 546 g/mol. The summed E-state index contributed by atoms with van der Waals surface area (Å²) in [6.07, 6.45) is 4.97. The quantitative estimate of drug-likeness (QED) is 0.196. The van der Waals surface area contributed by atoms with Crippen LogP contribution in [0.1, 0.15) is 19.4 Å². The van der Waals surface area contributed by atoms with E-state index in [1.165, 1.54) is 43.9 Å². The Morgan fingerprint density at radius 3 is 2.16 bits per heavy atom. The summed E-state index contributed by atoms with van der Waals surface area (Å²) in [6, 6.07) is 47.7. The molecule has 0 aliphatic heterocycles. The second-order valence-corrected chi connectivity index (χ2v) is 12.2. The van der Waals surface area contributed by atoms with Crippen molar-refractivity contribution in [2.75, 3.05) is 0 Å². The Kier molecular flexibility index (Phi) is 6.72. The first kappa shape index (κ1) is 27.0. The van der Waals surface area contributed by atoms with Crippen molar-refractivity contribution in [2.24, 2.45) is 5.92 Å². The maximum Gasteiger partial charge on any atom is 0.0783 e. The van der Waals surface area contributed by atoms with E-state index in [1.807, 2.05) is 18.5 Å². The van der Waals surface area contributed by atoms with Gasteiger partial charge in [-0.2, -0.15) is 0 Å². The van der Waals surface area contributed by atoms with Gasteiger partial charge in [-0.25, -0.2) is 0 Å². The van der Waals surface area contributed by atoms with E-state index < -0.39 is 0 Å². The van der Waals surface area contributed by atoms with E-state index in [4.69, 9.17) is 9.97 Å². The number of pyridine rings is 2. The third-order valence-electron chi connectivity index (χ3n) is 8.74. The Morgan fingerprint density at radius 1 is 0.556 bits per heavy atom. The van der Waals surface area contributed by atoms with Crippen molar-refractivity contribution in [3.63, 3.8) is 0 Å². The van der Waals surface area contributed by atoms with E-state index >= 15 is 0 Å². The van der Waals surface area contributed by atoms with Crippen LogP contribution in [0.15, 0.2) is 146 Å². The summed E-state index contributed by atoms with van der Waals surface area (Å²) in [5.74, 6) is 0.582. The molecule has 0 aliphatic rings. The van der Waals surface area contributed by atoms with E-state index in [1.54, 1.807) is 0 Å². The van der Waals surface area contributed by atoms with Crippen molar-refractivity contribution >= 4 is 32.7 Å². The molecule has 0 spiro atoms. The lowest BCUT2D eigenvalue weighted by molar-refractivity contribution is 0.650. The van der Waals surface area contributed by atoms with Crippen LogP contribution in [0.3, 0.4) is 0 Å². The van der Waals surface area contributed by atoms with Crippen molar-refractivity contribution in [1.82, 2.24) is 14.5 Å². The fourth-order valence-electron chi connectivity index (χ4n) is 6.67. The number of nitrogens with zero attached hydrogens (tertiary/aromatic N) is 3. The van der Waals surface area contributed by atoms with Crippen molar-refractivity contribution < 1.29 is 0 Å². The smallest absolute Gasteiger partial charge is 0.0783 e. The number of hydrogen-bond acceptors (Lipinski definition) is 2. The van der Waals surface area contributed by atoms with Crippen molar-refractivity contribution in [2.45, 2.75) is 20.3 Å². The first-order chi connectivity index (χ1) is 22.1. The predicted molar refractivity (Wildman–Crippen MR) is 189 cm³/mol. The van der Waals surface area contributed by atoms with Crippen LogP contribution in [0.2, 0.25) is 0 Å². The number of hydrogen-bond donors (Lipinski definition) is 0. The van der Waals surface area contributed by atoms with Gasteiger partial charge in [-0.05, 0) is 65.4 Å². The molecule has 0 radical (unpaired) electrons. The molecule has 0 bridgehead atoms. The van der Waals surface area contributed by atoms with Crippen molar-refractivity contribution in [3.8, 4) is 39.2 Å². The van der Waals surface area contributed by atoms with Crippen LogP contribution in [0.5, 0.6) is 0 Å². The summed E-state index contributed by atoms with van der Waals surface area (Å²) in [5, 5.41) is 3.71. The number of para-hydroxylation sites is 2. The van der Waals surface area contributed by atoms with Crippen LogP contribution in [-0.2, 0) is 6.42 Å². The minimum Gasteiger partial charge on any atom is -0.309 e. The van der Waals surface area contributed by atoms with Gasteiger partial charge >= 0.3 is 0 Å². The van der Waals surface area contributed by atoms with Gasteiger partial charge in [0.25, 0.3) is 0 Å². The summed E-state index contributed by atoms with van der Waals surface area (Å²) < 4.78 is 2.39. The van der Waals surface area contributed by atoms with Gasteiger partial charge in [0.1, 0.15) is 0 Å². The highest BCUT2D eigenvalue weighted by Gasteiger charge is 2.16. The second-order valence-electron chi connectivity index (χ2n) is 12.2. The van der Waals surface area contributed by atoms with E-state index in [-0.39, 0.29) is 0 Å². The Hall–Kier alpha value is -5.54. The summed E-state index contributed by atoms with van der Waals surface area (Å²) in [6.45, 7) is 4.54. The summed E-state index contributed by atoms with van der Waals surface area (Å²) in [4.78, 5) is 9.75. The van der Waals surface area contributed by atoms with Crippen LogP contribution in [0, 0.1) is 5.92 Å². The minimum absolute atomic E-state index is 0.582. The van der Waals surface area contributed by atoms with Crippen LogP contribution in [0.25, 0.3) is 71.9 Å². The molecule has 3 nitrogen and oxygen atoms in total. The molecule has 0 N–H and O–H groups in total. The average molecular weight is 580 g/mol. The lowest BCUT2D eigenvalue weighted by atomic mass is 9.95. The Bertz CT molecular complexity index is 2310. The molecule has 0 amide bonds. The number of fused-ring (bicyclic) bond motifs is 4. The monoisotopic (exact) mass is 579 g/mol. The molecule has 0 atom stereocenters. The highest BCUT2D eigenvalue weighted by atomic mass is 15.0. The molecule has 45 heavy (non-hydrogen) atoms. The van der Waals surface area contributed by atoms with Crippen LogP contribution >= 0.6 is 0 Å². The molecule has 0 fully saturated rings. The second kappa shape index (κ2) is 11.2. The molecule has 0 saturated heterocycles. The van der Waals surface area contributed by atoms with Gasteiger partial charge in [-0.1, -0.05) is 111 Å². The number of rotatable bonds is 6. The Morgan fingerprint density at radius 2 is 1.31 bits per heavy atom. The molecule has 0 saturated carbocycles. The molecule has 8 aromatic rings. The predicted octanol–water partition coefficient (Wildman–Crippen LogP) is 10.9. The number of aromatic nitrogens is 3. The maximum atomic E-state index is 4.89. The number of benzene rings is 5. The SMILES string of the molecule is CC(C)Cc1ccnc2c(-c3ccc4c5ccccc5n(-c5cccc(-c6ccc(-c7ccccc7)cn6)c5)c4c3)cccc12. The van der Waals surface area contributed by atoms with Gasteiger partial charge in [0.05, 0.1) is 22.2 Å². The highest BCUT2D eigenvalue weighted by molar-refractivity contribution is 6.11. The molecule has 3 aromatic heterocycles. The molecule has 3 heterocycles. The third-order valence-corrected chi connectivity index (χ3v) is 8.74. The zero-order valence-electron chi connectivity index (χ0n) is 25.5. The fraction of sp³-hybridized carbons (Fsp3) is 0.0952. The molecule has 3 heteroatoms. The van der Waals surface area contributed by atoms with E-state index in [0.29, 0.717) is 5.92 Å². The Labute approximate surface area is 263 Å². The first-order valence-electron chi connectivity index (χ1n) is 15.7. The van der Waals surface area contributed by atoms with E-state index in [2.05, 4.69) is 146 Å². The zero-order chi connectivity index (χ0) is 30.3. The van der Waals surface area contributed by atoms with Gasteiger partial charge < -0.3 is 4.57 Å². The highest BCUT2D eigenvalue weighted by Crippen LogP contribution is 2.37. The van der Waals surface area contributed by atoms with Crippen LogP contribution in [-0.4, -0.2) is 14.5 Å². The van der Waals surface area contributed by atoms with Gasteiger partial charge in [0.2, 0.25) is 0 Å². The summed E-state index contributed by atoms with van der Waals surface area (Å²) in [7, 11) is 0. The molecule has 5 aromatic carbocycles. The van der Waals surface area contributed by atoms with Crippen LogP contribution in [0.4, 0.5) is 0 Å². The van der Waals surface area contributed by atoms with Gasteiger partial charge in [0.15, 0.2) is 0 Å². The van der Waals surface area contributed by atoms with E-state index in [9.17, 15) is 0 Å².